The molecule has 0 aliphatic heterocycles. The van der Waals surface area contributed by atoms with Crippen molar-refractivity contribution in [1.82, 2.24) is 4.98 Å². The highest BCUT2D eigenvalue weighted by atomic mass is 35.5. The number of benzene rings is 1. The number of ether oxygens (including phenoxy) is 1. The predicted molar refractivity (Wildman–Crippen MR) is 75.9 cm³/mol. The van der Waals surface area contributed by atoms with Gasteiger partial charge >= 0.3 is 5.97 Å². The van der Waals surface area contributed by atoms with E-state index in [0.29, 0.717) is 8.83 Å². The van der Waals surface area contributed by atoms with Crippen molar-refractivity contribution in [2.24, 2.45) is 0 Å². The van der Waals surface area contributed by atoms with Gasteiger partial charge in [-0.3, -0.25) is 0 Å². The highest BCUT2D eigenvalue weighted by Gasteiger charge is 2.21. The minimum absolute atomic E-state index is 0.129. The fraction of sp³-hybridized carbons (Fsp3) is 0.167. The number of esters is 1. The summed E-state index contributed by atoms with van der Waals surface area (Å²) in [5.74, 6) is -1.09. The maximum Gasteiger partial charge on any atom is 0.356 e. The van der Waals surface area contributed by atoms with Gasteiger partial charge in [0.05, 0.1) is 16.5 Å². The van der Waals surface area contributed by atoms with Gasteiger partial charge in [-0.1, -0.05) is 17.7 Å². The molecule has 0 aliphatic rings. The average molecular weight is 318 g/mol. The Balaban J connectivity index is 2.63. The molecule has 0 fully saturated rings. The minimum atomic E-state index is -0.579. The number of hydrogen-bond donors (Lipinski definition) is 1. The van der Waals surface area contributed by atoms with Gasteiger partial charge in [0.25, 0.3) is 0 Å². The standard InChI is InChI=1S/C12H9ClFNO2S2/c1-2-17-11(16)9-10(19-12(18)15-9)8-6(13)4-3-5-7(8)14/h3-5H,2H2,1H3,(H,15,18). The van der Waals surface area contributed by atoms with Gasteiger partial charge in [0.2, 0.25) is 0 Å². The summed E-state index contributed by atoms with van der Waals surface area (Å²) in [7, 11) is 0. The molecule has 7 heteroatoms. The molecule has 3 nitrogen and oxygen atoms in total. The van der Waals surface area contributed by atoms with Crippen LogP contribution in [0.15, 0.2) is 18.2 Å². The van der Waals surface area contributed by atoms with Gasteiger partial charge in [-0.05, 0) is 31.3 Å². The minimum Gasteiger partial charge on any atom is -0.461 e. The fourth-order valence-corrected chi connectivity index (χ4v) is 3.12. The third kappa shape index (κ3) is 2.86. The number of carbonyl (C=O) groups excluding carboxylic acids is 1. The van der Waals surface area contributed by atoms with E-state index in [4.69, 9.17) is 28.6 Å². The molecule has 0 amide bonds. The van der Waals surface area contributed by atoms with E-state index in [-0.39, 0.29) is 22.9 Å². The van der Waals surface area contributed by atoms with Crippen molar-refractivity contribution < 1.29 is 13.9 Å². The second kappa shape index (κ2) is 5.81. The molecule has 0 saturated heterocycles. The summed E-state index contributed by atoms with van der Waals surface area (Å²) in [6, 6.07) is 4.33. The van der Waals surface area contributed by atoms with E-state index in [1.54, 1.807) is 13.0 Å². The summed E-state index contributed by atoms with van der Waals surface area (Å²) < 4.78 is 19.2. The molecule has 0 aliphatic carbocycles. The molecule has 2 rings (SSSR count). The summed E-state index contributed by atoms with van der Waals surface area (Å²) in [5, 5.41) is 0.218. The molecular formula is C12H9ClFNO2S2. The van der Waals surface area contributed by atoms with Crippen molar-refractivity contribution in [1.29, 1.82) is 0 Å². The Morgan fingerprint density at radius 3 is 2.95 bits per heavy atom. The van der Waals surface area contributed by atoms with Gasteiger partial charge in [0.15, 0.2) is 3.95 Å². The number of H-pyrrole nitrogens is 1. The lowest BCUT2D eigenvalue weighted by molar-refractivity contribution is 0.0521. The molecule has 0 unspecified atom stereocenters. The van der Waals surface area contributed by atoms with Gasteiger partial charge in [-0.2, -0.15) is 0 Å². The SMILES string of the molecule is CCOC(=O)c1[nH]c(=S)sc1-c1c(F)cccc1Cl. The molecule has 0 saturated carbocycles. The second-order valence-electron chi connectivity index (χ2n) is 3.54. The number of thiazole rings is 1. The van der Waals surface area contributed by atoms with Crippen molar-refractivity contribution >= 4 is 41.1 Å². The Morgan fingerprint density at radius 2 is 2.32 bits per heavy atom. The van der Waals surface area contributed by atoms with Gasteiger partial charge in [-0.15, -0.1) is 11.3 Å². The largest absolute Gasteiger partial charge is 0.461 e. The van der Waals surface area contributed by atoms with E-state index in [0.717, 1.165) is 11.3 Å². The number of aromatic amines is 1. The zero-order valence-corrected chi connectivity index (χ0v) is 12.2. The highest BCUT2D eigenvalue weighted by molar-refractivity contribution is 7.73. The molecular weight excluding hydrogens is 309 g/mol. The monoisotopic (exact) mass is 317 g/mol. The Kier molecular flexibility index (Phi) is 4.34. The lowest BCUT2D eigenvalue weighted by atomic mass is 10.1. The molecule has 0 atom stereocenters. The van der Waals surface area contributed by atoms with E-state index in [2.05, 4.69) is 4.98 Å². The number of hydrogen-bond acceptors (Lipinski definition) is 4. The molecule has 2 aromatic rings. The number of nitrogens with one attached hydrogen (secondary N) is 1. The topological polar surface area (TPSA) is 42.1 Å². The summed E-state index contributed by atoms with van der Waals surface area (Å²) >= 11 is 12.1. The Labute approximate surface area is 123 Å². The quantitative estimate of drug-likeness (QED) is 0.672. The van der Waals surface area contributed by atoms with Crippen LogP contribution >= 0.6 is 35.2 Å². The normalized spacial score (nSPS) is 10.5. The van der Waals surface area contributed by atoms with E-state index >= 15 is 0 Å². The summed E-state index contributed by atoms with van der Waals surface area (Å²) in [6.45, 7) is 1.91. The third-order valence-electron chi connectivity index (χ3n) is 2.32. The average Bonchev–Trinajstić information content (AvgIpc) is 2.71. The first-order valence-corrected chi connectivity index (χ1v) is 6.99. The van der Waals surface area contributed by atoms with Crippen LogP contribution in [-0.4, -0.2) is 17.6 Å². The smallest absolute Gasteiger partial charge is 0.356 e. The summed E-state index contributed by atoms with van der Waals surface area (Å²) in [5.41, 5.74) is 0.286. The molecule has 0 spiro atoms. The van der Waals surface area contributed by atoms with Crippen LogP contribution in [0.4, 0.5) is 4.39 Å². The van der Waals surface area contributed by atoms with Crippen molar-refractivity contribution in [3.05, 3.63) is 38.7 Å². The molecule has 0 bridgehead atoms. The first-order valence-electron chi connectivity index (χ1n) is 5.39. The third-order valence-corrected chi connectivity index (χ3v) is 3.89. The molecule has 1 aromatic carbocycles. The maximum atomic E-state index is 13.9. The van der Waals surface area contributed by atoms with Crippen LogP contribution in [0.5, 0.6) is 0 Å². The molecule has 100 valence electrons. The first kappa shape index (κ1) is 14.2. The number of halogens is 2. The van der Waals surface area contributed by atoms with Crippen molar-refractivity contribution in [2.75, 3.05) is 6.61 Å². The Morgan fingerprint density at radius 1 is 1.58 bits per heavy atom. The molecule has 0 radical (unpaired) electrons. The van der Waals surface area contributed by atoms with Gasteiger partial charge < -0.3 is 9.72 Å². The van der Waals surface area contributed by atoms with Crippen LogP contribution in [0, 0.1) is 9.77 Å². The van der Waals surface area contributed by atoms with Gasteiger partial charge in [-0.25, -0.2) is 9.18 Å². The maximum absolute atomic E-state index is 13.9. The lowest BCUT2D eigenvalue weighted by Crippen LogP contribution is -2.06. The van der Waals surface area contributed by atoms with E-state index in [1.165, 1.54) is 12.1 Å². The molecule has 19 heavy (non-hydrogen) atoms. The van der Waals surface area contributed by atoms with Crippen molar-refractivity contribution in [2.45, 2.75) is 6.92 Å². The van der Waals surface area contributed by atoms with E-state index < -0.39 is 11.8 Å². The van der Waals surface area contributed by atoms with Crippen LogP contribution in [0.25, 0.3) is 10.4 Å². The lowest BCUT2D eigenvalue weighted by Gasteiger charge is -2.06. The number of aromatic nitrogens is 1. The highest BCUT2D eigenvalue weighted by Crippen LogP contribution is 2.36. The van der Waals surface area contributed by atoms with Crippen LogP contribution < -0.4 is 0 Å². The Bertz CT molecular complexity index is 660. The second-order valence-corrected chi connectivity index (χ2v) is 5.63. The molecule has 1 N–H and O–H groups in total. The fourth-order valence-electron chi connectivity index (χ4n) is 1.57. The Hall–Kier alpha value is -1.24. The van der Waals surface area contributed by atoms with Crippen LogP contribution in [-0.2, 0) is 4.74 Å². The number of carbonyl (C=O) groups is 1. The van der Waals surface area contributed by atoms with Gasteiger partial charge in [0.1, 0.15) is 11.5 Å². The molecule has 1 aromatic heterocycles. The van der Waals surface area contributed by atoms with Crippen LogP contribution in [0.1, 0.15) is 17.4 Å². The van der Waals surface area contributed by atoms with Crippen molar-refractivity contribution in [3.8, 4) is 10.4 Å². The summed E-state index contributed by atoms with van der Waals surface area (Å²) in [6.07, 6.45) is 0. The summed E-state index contributed by atoms with van der Waals surface area (Å²) in [4.78, 5) is 14.9. The van der Waals surface area contributed by atoms with Crippen LogP contribution in [0.2, 0.25) is 5.02 Å². The first-order chi connectivity index (χ1) is 9.04. The molecule has 1 heterocycles. The number of rotatable bonds is 3. The van der Waals surface area contributed by atoms with E-state index in [1.807, 2.05) is 0 Å². The zero-order chi connectivity index (χ0) is 14.0. The predicted octanol–water partition coefficient (Wildman–Crippen LogP) is 4.44. The van der Waals surface area contributed by atoms with Gasteiger partial charge in [0, 0.05) is 5.56 Å². The zero-order valence-electron chi connectivity index (χ0n) is 9.83. The van der Waals surface area contributed by atoms with E-state index in [9.17, 15) is 9.18 Å². The van der Waals surface area contributed by atoms with Crippen LogP contribution in [0.3, 0.4) is 0 Å². The van der Waals surface area contributed by atoms with Crippen molar-refractivity contribution in [3.63, 3.8) is 0 Å².